The van der Waals surface area contributed by atoms with Gasteiger partial charge in [0.1, 0.15) is 5.82 Å². The molecule has 0 bridgehead atoms. The van der Waals surface area contributed by atoms with E-state index in [2.05, 4.69) is 27.0 Å². The van der Waals surface area contributed by atoms with Crippen molar-refractivity contribution in [2.45, 2.75) is 43.4 Å². The van der Waals surface area contributed by atoms with E-state index in [4.69, 9.17) is 4.42 Å². The number of rotatable bonds is 7. The third-order valence-electron chi connectivity index (χ3n) is 7.25. The SMILES string of the molecule is Cc1ncoc1-c1nnc(SCCCN2C[C@]3(C)C[C@@]3(c3ccc(C(F)(F)F)c(F)c3)C2)n1C. The van der Waals surface area contributed by atoms with Crippen LogP contribution in [0.25, 0.3) is 11.6 Å². The maximum absolute atomic E-state index is 14.2. The van der Waals surface area contributed by atoms with Gasteiger partial charge < -0.3 is 13.9 Å². The Morgan fingerprint density at radius 1 is 1.21 bits per heavy atom. The van der Waals surface area contributed by atoms with Gasteiger partial charge in [0.05, 0.1) is 11.3 Å². The molecule has 0 N–H and O–H groups in total. The van der Waals surface area contributed by atoms with Gasteiger partial charge in [0.25, 0.3) is 0 Å². The Hall–Kier alpha value is -2.40. The van der Waals surface area contributed by atoms with E-state index in [-0.39, 0.29) is 10.8 Å². The molecule has 0 amide bonds. The highest BCUT2D eigenvalue weighted by molar-refractivity contribution is 7.99. The van der Waals surface area contributed by atoms with Gasteiger partial charge in [-0.25, -0.2) is 9.37 Å². The minimum absolute atomic E-state index is 0.0280. The van der Waals surface area contributed by atoms with Crippen LogP contribution in [0.15, 0.2) is 34.2 Å². The molecule has 1 aromatic carbocycles. The van der Waals surface area contributed by atoms with E-state index in [1.165, 1.54) is 12.5 Å². The summed E-state index contributed by atoms with van der Waals surface area (Å²) in [5.41, 5.74) is -0.0628. The molecule has 2 aromatic heterocycles. The Labute approximate surface area is 198 Å². The van der Waals surface area contributed by atoms with Gasteiger partial charge in [-0.2, -0.15) is 13.2 Å². The molecule has 0 radical (unpaired) electrons. The third kappa shape index (κ3) is 3.82. The fourth-order valence-electron chi connectivity index (χ4n) is 5.36. The monoisotopic (exact) mass is 495 g/mol. The summed E-state index contributed by atoms with van der Waals surface area (Å²) in [4.78, 5) is 6.43. The lowest BCUT2D eigenvalue weighted by Gasteiger charge is -2.21. The molecule has 5 rings (SSSR count). The van der Waals surface area contributed by atoms with E-state index in [0.717, 1.165) is 61.2 Å². The van der Waals surface area contributed by atoms with Gasteiger partial charge in [0, 0.05) is 31.3 Å². The van der Waals surface area contributed by atoms with Crippen LogP contribution in [0.3, 0.4) is 0 Å². The smallest absolute Gasteiger partial charge is 0.419 e. The molecule has 1 saturated heterocycles. The van der Waals surface area contributed by atoms with Crippen molar-refractivity contribution >= 4 is 11.8 Å². The van der Waals surface area contributed by atoms with Crippen LogP contribution in [0.2, 0.25) is 0 Å². The number of thioether (sulfide) groups is 1. The Morgan fingerprint density at radius 3 is 2.68 bits per heavy atom. The molecule has 1 saturated carbocycles. The first-order valence-electron chi connectivity index (χ1n) is 11.1. The first-order valence-corrected chi connectivity index (χ1v) is 12.0. The second-order valence-corrected chi connectivity index (χ2v) is 10.6. The number of oxazole rings is 1. The lowest BCUT2D eigenvalue weighted by molar-refractivity contribution is -0.140. The lowest BCUT2D eigenvalue weighted by atomic mass is 9.89. The zero-order chi connectivity index (χ0) is 24.3. The second kappa shape index (κ2) is 8.08. The van der Waals surface area contributed by atoms with Crippen LogP contribution in [-0.4, -0.2) is 50.0 Å². The fourth-order valence-corrected chi connectivity index (χ4v) is 6.19. The summed E-state index contributed by atoms with van der Waals surface area (Å²) in [5.74, 6) is 0.899. The van der Waals surface area contributed by atoms with Gasteiger partial charge >= 0.3 is 6.18 Å². The van der Waals surface area contributed by atoms with Crippen molar-refractivity contribution in [2.24, 2.45) is 12.5 Å². The largest absolute Gasteiger partial charge is 0.440 e. The lowest BCUT2D eigenvalue weighted by Crippen LogP contribution is -2.28. The molecule has 34 heavy (non-hydrogen) atoms. The number of benzene rings is 1. The Bertz CT molecular complexity index is 1220. The highest BCUT2D eigenvalue weighted by atomic mass is 32.2. The number of fused-ring (bicyclic) bond motifs is 1. The van der Waals surface area contributed by atoms with Crippen molar-refractivity contribution in [1.82, 2.24) is 24.6 Å². The summed E-state index contributed by atoms with van der Waals surface area (Å²) in [6.07, 6.45) is -1.50. The van der Waals surface area contributed by atoms with Gasteiger partial charge in [-0.05, 0) is 49.4 Å². The van der Waals surface area contributed by atoms with Crippen LogP contribution >= 0.6 is 11.8 Å². The molecule has 182 valence electrons. The molecule has 1 aliphatic heterocycles. The number of piperidine rings is 1. The van der Waals surface area contributed by atoms with Crippen molar-refractivity contribution in [3.63, 3.8) is 0 Å². The predicted molar refractivity (Wildman–Crippen MR) is 119 cm³/mol. The normalized spacial score (nSPS) is 24.6. The van der Waals surface area contributed by atoms with Gasteiger partial charge in [0.2, 0.25) is 5.82 Å². The molecule has 2 aliphatic rings. The average Bonchev–Trinajstić information content (AvgIpc) is 3.10. The summed E-state index contributed by atoms with van der Waals surface area (Å²) < 4.78 is 60.3. The molecular weight excluding hydrogens is 470 g/mol. The maximum atomic E-state index is 14.2. The van der Waals surface area contributed by atoms with E-state index < -0.39 is 17.6 Å². The molecule has 1 aliphatic carbocycles. The van der Waals surface area contributed by atoms with Crippen LogP contribution < -0.4 is 0 Å². The summed E-state index contributed by atoms with van der Waals surface area (Å²) in [6.45, 7) is 6.45. The first kappa shape index (κ1) is 23.3. The number of likely N-dealkylation sites (tertiary alicyclic amines) is 1. The van der Waals surface area contributed by atoms with Crippen LogP contribution in [0, 0.1) is 18.2 Å². The molecule has 0 unspecified atom stereocenters. The molecule has 0 spiro atoms. The molecule has 3 heterocycles. The van der Waals surface area contributed by atoms with E-state index in [0.29, 0.717) is 17.1 Å². The van der Waals surface area contributed by atoms with Gasteiger partial charge in [-0.15, -0.1) is 10.2 Å². The van der Waals surface area contributed by atoms with E-state index in [9.17, 15) is 17.6 Å². The molecule has 3 aromatic rings. The minimum Gasteiger partial charge on any atom is -0.440 e. The number of nitrogens with zero attached hydrogens (tertiary/aromatic N) is 5. The van der Waals surface area contributed by atoms with Crippen LogP contribution in [0.5, 0.6) is 0 Å². The Morgan fingerprint density at radius 2 is 2.00 bits per heavy atom. The number of hydrogen-bond donors (Lipinski definition) is 0. The van der Waals surface area contributed by atoms with Crippen LogP contribution in [0.1, 0.15) is 36.6 Å². The number of hydrogen-bond acceptors (Lipinski definition) is 6. The topological polar surface area (TPSA) is 60.0 Å². The van der Waals surface area contributed by atoms with Crippen molar-refractivity contribution in [2.75, 3.05) is 25.4 Å². The van der Waals surface area contributed by atoms with Crippen molar-refractivity contribution in [1.29, 1.82) is 0 Å². The molecular formula is C23H25F4N5OS. The van der Waals surface area contributed by atoms with Crippen molar-refractivity contribution in [3.05, 3.63) is 47.2 Å². The van der Waals surface area contributed by atoms with Gasteiger partial charge in [-0.3, -0.25) is 0 Å². The predicted octanol–water partition coefficient (Wildman–Crippen LogP) is 5.08. The third-order valence-corrected chi connectivity index (χ3v) is 8.36. The highest BCUT2D eigenvalue weighted by Gasteiger charge is 2.69. The quantitative estimate of drug-likeness (QED) is 0.259. The summed E-state index contributed by atoms with van der Waals surface area (Å²) in [5, 5.41) is 9.26. The maximum Gasteiger partial charge on any atom is 0.419 e. The fraction of sp³-hybridized carbons (Fsp3) is 0.522. The number of aryl methyl sites for hydroxylation is 1. The van der Waals surface area contributed by atoms with E-state index in [1.54, 1.807) is 11.8 Å². The van der Waals surface area contributed by atoms with Crippen molar-refractivity contribution < 1.29 is 22.0 Å². The number of halogens is 4. The standard InChI is InChI=1S/C23H25F4N5OS/c1-14-18(33-13-28-14)19-29-30-20(31(19)3)34-8-4-7-32-11-21(2)10-22(21,12-32)15-5-6-16(17(24)9-15)23(25,26)27/h5-6,9,13H,4,7-8,10-12H2,1-3H3/t21-,22-/m0/s1. The summed E-state index contributed by atoms with van der Waals surface area (Å²) in [7, 11) is 1.89. The molecule has 2 atom stereocenters. The van der Waals surface area contributed by atoms with E-state index in [1.807, 2.05) is 18.5 Å². The average molecular weight is 496 g/mol. The summed E-state index contributed by atoms with van der Waals surface area (Å²) in [6, 6.07) is 3.43. The Balaban J connectivity index is 1.17. The van der Waals surface area contributed by atoms with Gasteiger partial charge in [-0.1, -0.05) is 24.8 Å². The minimum atomic E-state index is -4.68. The van der Waals surface area contributed by atoms with E-state index >= 15 is 0 Å². The van der Waals surface area contributed by atoms with Crippen LogP contribution in [-0.2, 0) is 18.6 Å². The Kier molecular flexibility index (Phi) is 5.55. The molecule has 2 fully saturated rings. The van der Waals surface area contributed by atoms with Gasteiger partial charge in [0.15, 0.2) is 17.3 Å². The van der Waals surface area contributed by atoms with Crippen molar-refractivity contribution in [3.8, 4) is 11.6 Å². The second-order valence-electron chi connectivity index (χ2n) is 9.56. The highest BCUT2D eigenvalue weighted by Crippen LogP contribution is 2.68. The zero-order valence-electron chi connectivity index (χ0n) is 19.1. The molecule has 11 heteroatoms. The number of aromatic nitrogens is 4. The first-order chi connectivity index (χ1) is 16.0. The summed E-state index contributed by atoms with van der Waals surface area (Å²) >= 11 is 1.61. The molecule has 6 nitrogen and oxygen atoms in total. The van der Waals surface area contributed by atoms with Crippen LogP contribution in [0.4, 0.5) is 17.6 Å². The zero-order valence-corrected chi connectivity index (χ0v) is 19.9. The number of alkyl halides is 3.